The number of furan rings is 1. The first kappa shape index (κ1) is 15.7. The first-order valence-electron chi connectivity index (χ1n) is 7.63. The van der Waals surface area contributed by atoms with Crippen molar-refractivity contribution in [1.82, 2.24) is 15.2 Å². The molecule has 0 spiro atoms. The van der Waals surface area contributed by atoms with E-state index in [-0.39, 0.29) is 0 Å². The quantitative estimate of drug-likeness (QED) is 0.720. The monoisotopic (exact) mass is 287 g/mol. The highest BCUT2D eigenvalue weighted by molar-refractivity contribution is 5.17. The minimum Gasteiger partial charge on any atom is -0.468 e. The fourth-order valence-corrected chi connectivity index (χ4v) is 2.28. The minimum absolute atomic E-state index is 0.814. The molecule has 0 aromatic carbocycles. The third-order valence-electron chi connectivity index (χ3n) is 3.52. The Morgan fingerprint density at radius 1 is 1.24 bits per heavy atom. The zero-order valence-electron chi connectivity index (χ0n) is 13.0. The summed E-state index contributed by atoms with van der Waals surface area (Å²) < 4.78 is 5.58. The summed E-state index contributed by atoms with van der Waals surface area (Å²) in [5.41, 5.74) is 2.60. The zero-order chi connectivity index (χ0) is 14.9. The third kappa shape index (κ3) is 5.33. The molecule has 2 rings (SSSR count). The van der Waals surface area contributed by atoms with Crippen molar-refractivity contribution in [2.24, 2.45) is 0 Å². The zero-order valence-corrected chi connectivity index (χ0v) is 13.0. The van der Waals surface area contributed by atoms with Gasteiger partial charge in [-0.2, -0.15) is 0 Å². The van der Waals surface area contributed by atoms with Crippen molar-refractivity contribution in [3.05, 3.63) is 53.7 Å². The Kier molecular flexibility index (Phi) is 6.44. The van der Waals surface area contributed by atoms with E-state index in [0.29, 0.717) is 0 Å². The maximum Gasteiger partial charge on any atom is 0.122 e. The van der Waals surface area contributed by atoms with Gasteiger partial charge in [0.1, 0.15) is 5.76 Å². The number of rotatable bonds is 9. The molecule has 0 aliphatic carbocycles. The Morgan fingerprint density at radius 2 is 2.05 bits per heavy atom. The van der Waals surface area contributed by atoms with E-state index in [1.807, 2.05) is 12.4 Å². The average Bonchev–Trinajstić information content (AvgIpc) is 2.94. The van der Waals surface area contributed by atoms with Crippen LogP contribution >= 0.6 is 0 Å². The topological polar surface area (TPSA) is 41.3 Å². The van der Waals surface area contributed by atoms with Crippen molar-refractivity contribution >= 4 is 0 Å². The smallest absolute Gasteiger partial charge is 0.122 e. The summed E-state index contributed by atoms with van der Waals surface area (Å²) in [4.78, 5) is 6.38. The lowest BCUT2D eigenvalue weighted by Gasteiger charge is -2.16. The number of likely N-dealkylation sites (N-methyl/N-ethyl adjacent to an activating group) is 1. The molecule has 0 radical (unpaired) electrons. The summed E-state index contributed by atoms with van der Waals surface area (Å²) in [6, 6.07) is 6.23. The van der Waals surface area contributed by atoms with Gasteiger partial charge in [-0.05, 0) is 50.2 Å². The molecule has 4 nitrogen and oxygen atoms in total. The molecule has 0 bridgehead atoms. The van der Waals surface area contributed by atoms with Crippen LogP contribution in [0.15, 0.2) is 41.3 Å². The largest absolute Gasteiger partial charge is 0.468 e. The van der Waals surface area contributed by atoms with Gasteiger partial charge in [-0.3, -0.25) is 4.98 Å². The van der Waals surface area contributed by atoms with Gasteiger partial charge >= 0.3 is 0 Å². The van der Waals surface area contributed by atoms with E-state index < -0.39 is 0 Å². The molecule has 2 heterocycles. The van der Waals surface area contributed by atoms with Gasteiger partial charge < -0.3 is 14.6 Å². The number of aromatic nitrogens is 1. The van der Waals surface area contributed by atoms with Crippen molar-refractivity contribution in [2.45, 2.75) is 32.9 Å². The van der Waals surface area contributed by atoms with Gasteiger partial charge in [0.05, 0.1) is 12.8 Å². The van der Waals surface area contributed by atoms with Crippen molar-refractivity contribution < 1.29 is 4.42 Å². The summed E-state index contributed by atoms with van der Waals surface area (Å²) in [6.07, 6.45) is 7.67. The Hall–Kier alpha value is -1.65. The van der Waals surface area contributed by atoms with E-state index in [1.54, 1.807) is 6.26 Å². The first-order chi connectivity index (χ1) is 10.3. The Bertz CT molecular complexity index is 510. The molecule has 2 aromatic rings. The number of hydrogen-bond donors (Lipinski definition) is 1. The molecule has 21 heavy (non-hydrogen) atoms. The maximum atomic E-state index is 5.58. The molecule has 0 aliphatic rings. The van der Waals surface area contributed by atoms with E-state index in [0.717, 1.165) is 44.8 Å². The molecule has 0 fully saturated rings. The maximum absolute atomic E-state index is 5.58. The molecule has 0 unspecified atom stereocenters. The van der Waals surface area contributed by atoms with Gasteiger partial charge in [0.2, 0.25) is 0 Å². The van der Waals surface area contributed by atoms with Crippen LogP contribution in [0.25, 0.3) is 0 Å². The summed E-state index contributed by atoms with van der Waals surface area (Å²) in [6.45, 7) is 5.96. The molecule has 114 valence electrons. The van der Waals surface area contributed by atoms with Crippen LogP contribution in [0.1, 0.15) is 30.2 Å². The summed E-state index contributed by atoms with van der Waals surface area (Å²) >= 11 is 0. The lowest BCUT2D eigenvalue weighted by Crippen LogP contribution is -2.22. The van der Waals surface area contributed by atoms with Crippen LogP contribution < -0.4 is 5.32 Å². The Morgan fingerprint density at radius 3 is 2.81 bits per heavy atom. The summed E-state index contributed by atoms with van der Waals surface area (Å²) in [5.74, 6) is 1.05. The SMILES string of the molecule is CCCNCc1occc1CN(C)CCc1ccncc1. The van der Waals surface area contributed by atoms with E-state index >= 15 is 0 Å². The van der Waals surface area contributed by atoms with E-state index in [9.17, 15) is 0 Å². The minimum atomic E-state index is 0.814. The van der Waals surface area contributed by atoms with Crippen LogP contribution in [0.4, 0.5) is 0 Å². The molecule has 0 atom stereocenters. The number of nitrogens with one attached hydrogen (secondary N) is 1. The third-order valence-corrected chi connectivity index (χ3v) is 3.52. The van der Waals surface area contributed by atoms with Crippen LogP contribution in [0, 0.1) is 0 Å². The fourth-order valence-electron chi connectivity index (χ4n) is 2.28. The Labute approximate surface area is 127 Å². The fraction of sp³-hybridized carbons (Fsp3) is 0.471. The van der Waals surface area contributed by atoms with Crippen LogP contribution in [-0.2, 0) is 19.5 Å². The van der Waals surface area contributed by atoms with Crippen LogP contribution in [0.2, 0.25) is 0 Å². The first-order valence-corrected chi connectivity index (χ1v) is 7.63. The normalized spacial score (nSPS) is 11.2. The number of nitrogens with zero attached hydrogens (tertiary/aromatic N) is 2. The van der Waals surface area contributed by atoms with E-state index in [2.05, 4.69) is 47.4 Å². The van der Waals surface area contributed by atoms with Crippen molar-refractivity contribution in [3.8, 4) is 0 Å². The summed E-state index contributed by atoms with van der Waals surface area (Å²) in [5, 5.41) is 3.39. The van der Waals surface area contributed by atoms with Crippen molar-refractivity contribution in [3.63, 3.8) is 0 Å². The van der Waals surface area contributed by atoms with Crippen LogP contribution in [0.5, 0.6) is 0 Å². The number of pyridine rings is 1. The predicted molar refractivity (Wildman–Crippen MR) is 85.0 cm³/mol. The van der Waals surface area contributed by atoms with Crippen LogP contribution in [-0.4, -0.2) is 30.0 Å². The van der Waals surface area contributed by atoms with Gasteiger partial charge in [0.15, 0.2) is 0 Å². The molecule has 1 N–H and O–H groups in total. The molecule has 0 saturated heterocycles. The van der Waals surface area contributed by atoms with Crippen molar-refractivity contribution in [2.75, 3.05) is 20.1 Å². The highest BCUT2D eigenvalue weighted by Gasteiger charge is 2.08. The lowest BCUT2D eigenvalue weighted by molar-refractivity contribution is 0.326. The van der Waals surface area contributed by atoms with Gasteiger partial charge in [-0.25, -0.2) is 0 Å². The second kappa shape index (κ2) is 8.60. The second-order valence-corrected chi connectivity index (χ2v) is 5.39. The van der Waals surface area contributed by atoms with Crippen LogP contribution in [0.3, 0.4) is 0 Å². The predicted octanol–water partition coefficient (Wildman–Crippen LogP) is 2.85. The lowest BCUT2D eigenvalue weighted by atomic mass is 10.2. The van der Waals surface area contributed by atoms with Gasteiger partial charge in [-0.1, -0.05) is 6.92 Å². The molecule has 0 saturated carbocycles. The second-order valence-electron chi connectivity index (χ2n) is 5.39. The highest BCUT2D eigenvalue weighted by Crippen LogP contribution is 2.13. The Balaban J connectivity index is 1.79. The van der Waals surface area contributed by atoms with Crippen molar-refractivity contribution in [1.29, 1.82) is 0 Å². The van der Waals surface area contributed by atoms with E-state index in [1.165, 1.54) is 11.1 Å². The standard InChI is InChI=1S/C17H25N3O/c1-3-8-19-13-17-16(7-12-21-17)14-20(2)11-6-15-4-9-18-10-5-15/h4-5,7,9-10,12,19H,3,6,8,11,13-14H2,1-2H3. The van der Waals surface area contributed by atoms with Gasteiger partial charge in [0.25, 0.3) is 0 Å². The number of hydrogen-bond acceptors (Lipinski definition) is 4. The molecular weight excluding hydrogens is 262 g/mol. The molecule has 2 aromatic heterocycles. The van der Waals surface area contributed by atoms with E-state index in [4.69, 9.17) is 4.42 Å². The average molecular weight is 287 g/mol. The molecule has 0 aliphatic heterocycles. The molecule has 0 amide bonds. The molecular formula is C17H25N3O. The highest BCUT2D eigenvalue weighted by atomic mass is 16.3. The summed E-state index contributed by atoms with van der Waals surface area (Å²) in [7, 11) is 2.15. The molecule has 4 heteroatoms. The van der Waals surface area contributed by atoms with Gasteiger partial charge in [0, 0.05) is 31.0 Å². The van der Waals surface area contributed by atoms with Gasteiger partial charge in [-0.15, -0.1) is 0 Å².